The standard InChI is InChI=1S/C27H20FN3OS/c28-22-12-10-19(11-13-22)24-23(16-29)26(33)30-27(32,21-8-2-1-3-9-21)25(24)31-15-14-18-6-4-5-7-20(18)17-31/h1-15,17,24-25,30,32H/p+1/t24-,25+,27-/m1/s1. The Bertz CT molecular complexity index is 1400. The van der Waals surface area contributed by atoms with Gasteiger partial charge in [0, 0.05) is 17.0 Å². The Hall–Kier alpha value is -3.66. The van der Waals surface area contributed by atoms with Gasteiger partial charge in [-0.15, -0.1) is 12.6 Å². The number of hydrogen-bond acceptors (Lipinski definition) is 4. The first-order valence-corrected chi connectivity index (χ1v) is 11.0. The lowest BCUT2D eigenvalue weighted by Gasteiger charge is -2.42. The normalized spacial score (nSPS) is 22.6. The molecule has 1 aliphatic heterocycles. The summed E-state index contributed by atoms with van der Waals surface area (Å²) in [5.41, 5.74) is 0.119. The van der Waals surface area contributed by atoms with E-state index in [2.05, 4.69) is 24.0 Å². The average molecular weight is 455 g/mol. The maximum atomic E-state index is 13.8. The summed E-state index contributed by atoms with van der Waals surface area (Å²) in [6, 6.07) is 26.8. The van der Waals surface area contributed by atoms with Crippen LogP contribution in [0.2, 0.25) is 0 Å². The topological polar surface area (TPSA) is 59.9 Å². The maximum Gasteiger partial charge on any atom is 0.227 e. The van der Waals surface area contributed by atoms with E-state index in [1.807, 2.05) is 77.6 Å². The van der Waals surface area contributed by atoms with Crippen molar-refractivity contribution in [3.05, 3.63) is 125 Å². The number of pyridine rings is 1. The lowest BCUT2D eigenvalue weighted by atomic mass is 9.75. The van der Waals surface area contributed by atoms with Crippen molar-refractivity contribution in [3.8, 4) is 6.07 Å². The summed E-state index contributed by atoms with van der Waals surface area (Å²) >= 11 is 4.54. The molecule has 0 amide bonds. The molecule has 0 bridgehead atoms. The van der Waals surface area contributed by atoms with Gasteiger partial charge in [0.15, 0.2) is 12.4 Å². The number of fused-ring (bicyclic) bond motifs is 1. The van der Waals surface area contributed by atoms with Crippen molar-refractivity contribution in [3.63, 3.8) is 0 Å². The molecule has 0 unspecified atom stereocenters. The van der Waals surface area contributed by atoms with Crippen LogP contribution in [0.3, 0.4) is 0 Å². The summed E-state index contributed by atoms with van der Waals surface area (Å²) in [5, 5.41) is 27.7. The van der Waals surface area contributed by atoms with Gasteiger partial charge in [-0.05, 0) is 29.1 Å². The molecular formula is C27H21FN3OS+. The molecule has 0 saturated carbocycles. The Morgan fingerprint density at radius 1 is 0.939 bits per heavy atom. The van der Waals surface area contributed by atoms with Crippen LogP contribution in [0.15, 0.2) is 108 Å². The predicted molar refractivity (Wildman–Crippen MR) is 127 cm³/mol. The van der Waals surface area contributed by atoms with E-state index in [-0.39, 0.29) is 10.8 Å². The molecule has 162 valence electrons. The molecule has 1 aromatic heterocycles. The fraction of sp³-hybridized carbons (Fsp3) is 0.111. The van der Waals surface area contributed by atoms with Crippen molar-refractivity contribution in [2.75, 3.05) is 0 Å². The second kappa shape index (κ2) is 8.36. The molecule has 3 atom stereocenters. The number of aromatic nitrogens is 1. The Kier molecular flexibility index (Phi) is 5.37. The van der Waals surface area contributed by atoms with Gasteiger partial charge in [-0.2, -0.15) is 9.83 Å². The molecule has 1 aliphatic rings. The number of nitrogens with one attached hydrogen (secondary N) is 1. The van der Waals surface area contributed by atoms with Crippen molar-refractivity contribution in [1.29, 1.82) is 5.26 Å². The van der Waals surface area contributed by atoms with Crippen LogP contribution in [0.25, 0.3) is 10.8 Å². The molecule has 0 spiro atoms. The quantitative estimate of drug-likeness (QED) is 0.311. The molecule has 2 heterocycles. The number of nitriles is 1. The minimum absolute atomic E-state index is 0.288. The van der Waals surface area contributed by atoms with Crippen molar-refractivity contribution < 1.29 is 14.1 Å². The third-order valence-electron chi connectivity index (χ3n) is 6.21. The number of thiol groups is 1. The van der Waals surface area contributed by atoms with E-state index in [9.17, 15) is 14.8 Å². The van der Waals surface area contributed by atoms with Gasteiger partial charge in [-0.25, -0.2) is 4.39 Å². The number of allylic oxidation sites excluding steroid dienone is 1. The smallest absolute Gasteiger partial charge is 0.227 e. The van der Waals surface area contributed by atoms with Crippen LogP contribution in [0, 0.1) is 17.1 Å². The molecule has 0 radical (unpaired) electrons. The lowest BCUT2D eigenvalue weighted by Crippen LogP contribution is -2.62. The van der Waals surface area contributed by atoms with Gasteiger partial charge in [0.2, 0.25) is 11.8 Å². The highest BCUT2D eigenvalue weighted by atomic mass is 32.1. The van der Waals surface area contributed by atoms with Gasteiger partial charge in [0.25, 0.3) is 0 Å². The number of halogens is 1. The highest BCUT2D eigenvalue weighted by Gasteiger charge is 2.55. The third-order valence-corrected chi connectivity index (χ3v) is 6.57. The highest BCUT2D eigenvalue weighted by molar-refractivity contribution is 7.84. The molecule has 6 heteroatoms. The first kappa shape index (κ1) is 21.2. The largest absolute Gasteiger partial charge is 0.362 e. The Balaban J connectivity index is 1.80. The molecule has 0 aliphatic carbocycles. The van der Waals surface area contributed by atoms with E-state index in [1.54, 1.807) is 12.1 Å². The maximum absolute atomic E-state index is 13.8. The Labute approximate surface area is 196 Å². The molecular weight excluding hydrogens is 433 g/mol. The van der Waals surface area contributed by atoms with E-state index in [0.717, 1.165) is 10.8 Å². The highest BCUT2D eigenvalue weighted by Crippen LogP contribution is 2.47. The van der Waals surface area contributed by atoms with Gasteiger partial charge >= 0.3 is 0 Å². The zero-order chi connectivity index (χ0) is 23.0. The van der Waals surface area contributed by atoms with Gasteiger partial charge in [0.1, 0.15) is 5.82 Å². The Morgan fingerprint density at radius 2 is 1.61 bits per heavy atom. The van der Waals surface area contributed by atoms with E-state index in [1.165, 1.54) is 12.1 Å². The van der Waals surface area contributed by atoms with Crippen molar-refractivity contribution >= 4 is 23.4 Å². The van der Waals surface area contributed by atoms with Gasteiger partial charge < -0.3 is 10.4 Å². The lowest BCUT2D eigenvalue weighted by molar-refractivity contribution is -0.742. The molecule has 4 aromatic rings. The van der Waals surface area contributed by atoms with Crippen LogP contribution >= 0.6 is 12.6 Å². The zero-order valence-corrected chi connectivity index (χ0v) is 18.5. The van der Waals surface area contributed by atoms with Gasteiger partial charge in [-0.3, -0.25) is 0 Å². The minimum atomic E-state index is -1.59. The fourth-order valence-electron chi connectivity index (χ4n) is 4.66. The molecule has 2 N–H and O–H groups in total. The van der Waals surface area contributed by atoms with Crippen LogP contribution in [0.1, 0.15) is 23.1 Å². The molecule has 33 heavy (non-hydrogen) atoms. The number of nitrogens with zero attached hydrogens (tertiary/aromatic N) is 2. The first-order chi connectivity index (χ1) is 16.0. The number of rotatable bonds is 3. The van der Waals surface area contributed by atoms with Crippen molar-refractivity contribution in [2.24, 2.45) is 0 Å². The molecule has 5 rings (SSSR count). The van der Waals surface area contributed by atoms with Crippen molar-refractivity contribution in [1.82, 2.24) is 5.32 Å². The van der Waals surface area contributed by atoms with E-state index in [4.69, 9.17) is 0 Å². The summed E-state index contributed by atoms with van der Waals surface area (Å²) in [6.07, 6.45) is 3.86. The summed E-state index contributed by atoms with van der Waals surface area (Å²) in [4.78, 5) is 0. The molecule has 0 fully saturated rings. The molecule has 0 saturated heterocycles. The van der Waals surface area contributed by atoms with E-state index >= 15 is 0 Å². The van der Waals surface area contributed by atoms with Crippen LogP contribution < -0.4 is 9.88 Å². The number of benzene rings is 3. The van der Waals surface area contributed by atoms with Gasteiger partial charge in [0.05, 0.1) is 22.6 Å². The van der Waals surface area contributed by atoms with Crippen LogP contribution in [0.5, 0.6) is 0 Å². The number of hydrogen-bond donors (Lipinski definition) is 3. The third kappa shape index (κ3) is 3.66. The average Bonchev–Trinajstić information content (AvgIpc) is 2.84. The van der Waals surface area contributed by atoms with E-state index < -0.39 is 17.7 Å². The SMILES string of the molecule is N#CC1=C(S)N[C@@](O)(c2ccccc2)[C@@H]([n+]2ccc3ccccc3c2)[C@@H]1c1ccc(F)cc1. The monoisotopic (exact) mass is 454 g/mol. The predicted octanol–water partition coefficient (Wildman–Crippen LogP) is 4.70. The number of aliphatic hydroxyl groups is 1. The van der Waals surface area contributed by atoms with Crippen LogP contribution in [-0.4, -0.2) is 5.11 Å². The summed E-state index contributed by atoms with van der Waals surface area (Å²) in [5.74, 6) is -0.949. The summed E-state index contributed by atoms with van der Waals surface area (Å²) < 4.78 is 15.7. The second-order valence-corrected chi connectivity index (χ2v) is 8.57. The fourth-order valence-corrected chi connectivity index (χ4v) is 5.02. The summed E-state index contributed by atoms with van der Waals surface area (Å²) in [7, 11) is 0. The van der Waals surface area contributed by atoms with E-state index in [0.29, 0.717) is 16.7 Å². The minimum Gasteiger partial charge on any atom is -0.362 e. The van der Waals surface area contributed by atoms with Crippen LogP contribution in [-0.2, 0) is 5.72 Å². The molecule has 4 nitrogen and oxygen atoms in total. The van der Waals surface area contributed by atoms with Crippen molar-refractivity contribution in [2.45, 2.75) is 17.7 Å². The molecule has 3 aromatic carbocycles. The Morgan fingerprint density at radius 3 is 2.30 bits per heavy atom. The second-order valence-electron chi connectivity index (χ2n) is 8.13. The van der Waals surface area contributed by atoms with Gasteiger partial charge in [-0.1, -0.05) is 60.7 Å². The first-order valence-electron chi connectivity index (χ1n) is 10.6. The van der Waals surface area contributed by atoms with Crippen LogP contribution in [0.4, 0.5) is 4.39 Å². The summed E-state index contributed by atoms with van der Waals surface area (Å²) in [6.45, 7) is 0. The zero-order valence-electron chi connectivity index (χ0n) is 17.6.